The number of hydrogen-bond acceptors (Lipinski definition) is 8. The first kappa shape index (κ1) is 21.4. The van der Waals surface area contributed by atoms with E-state index < -0.39 is 16.1 Å². The number of carbonyl (C=O) groups is 1. The lowest BCUT2D eigenvalue weighted by Crippen LogP contribution is -2.35. The van der Waals surface area contributed by atoms with E-state index in [1.807, 2.05) is 4.72 Å². The summed E-state index contributed by atoms with van der Waals surface area (Å²) in [4.78, 5) is 25.2. The van der Waals surface area contributed by atoms with Crippen LogP contribution in [-0.2, 0) is 10.0 Å². The third-order valence-corrected chi connectivity index (χ3v) is 5.22. The van der Waals surface area contributed by atoms with E-state index in [-0.39, 0.29) is 27.7 Å². The zero-order valence-electron chi connectivity index (χ0n) is 15.4. The molecule has 12 heteroatoms. The van der Waals surface area contributed by atoms with E-state index >= 15 is 0 Å². The number of ether oxygens (including phenoxy) is 1. The van der Waals surface area contributed by atoms with Gasteiger partial charge in [-0.25, -0.2) is 17.9 Å². The standard InChI is InChI=1S/C16H19ClN6O4S/c1-5-8-23(3)11-6-7-12(17)13(9-11)28(25,26)22-15(24)20-14-18-10(2)19-16(21-14)27-4/h5-7,9H,1,8H2,2-4H3,(H2,18,19,20,21,22,24). The van der Waals surface area contributed by atoms with Crippen LogP contribution in [0.4, 0.5) is 16.4 Å². The number of hydrogen-bond donors (Lipinski definition) is 2. The highest BCUT2D eigenvalue weighted by Crippen LogP contribution is 2.26. The Bertz CT molecular complexity index is 999. The van der Waals surface area contributed by atoms with E-state index in [0.717, 1.165) is 0 Å². The fourth-order valence-electron chi connectivity index (χ4n) is 2.14. The number of carbonyl (C=O) groups excluding carboxylic acids is 1. The van der Waals surface area contributed by atoms with Crippen molar-refractivity contribution in [3.63, 3.8) is 0 Å². The number of sulfonamides is 1. The van der Waals surface area contributed by atoms with Gasteiger partial charge in [0.2, 0.25) is 5.95 Å². The van der Waals surface area contributed by atoms with E-state index in [9.17, 15) is 13.2 Å². The third-order valence-electron chi connectivity index (χ3n) is 3.41. The molecule has 1 aromatic carbocycles. The van der Waals surface area contributed by atoms with Crippen molar-refractivity contribution in [1.82, 2.24) is 19.7 Å². The van der Waals surface area contributed by atoms with Crippen molar-refractivity contribution in [1.29, 1.82) is 0 Å². The van der Waals surface area contributed by atoms with Gasteiger partial charge in [0.15, 0.2) is 0 Å². The van der Waals surface area contributed by atoms with Gasteiger partial charge in [-0.1, -0.05) is 17.7 Å². The molecule has 0 fully saturated rings. The molecule has 0 saturated heterocycles. The minimum absolute atomic E-state index is 0.0216. The predicted molar refractivity (Wildman–Crippen MR) is 105 cm³/mol. The SMILES string of the molecule is C=CCN(C)c1ccc(Cl)c(S(=O)(=O)NC(=O)Nc2nc(C)nc(OC)n2)c1. The topological polar surface area (TPSA) is 126 Å². The number of methoxy groups -OCH3 is 1. The second-order valence-electron chi connectivity index (χ2n) is 5.54. The molecule has 2 N–H and O–H groups in total. The quantitative estimate of drug-likeness (QED) is 0.643. The molecule has 0 unspecified atom stereocenters. The van der Waals surface area contributed by atoms with E-state index in [1.54, 1.807) is 31.0 Å². The number of halogens is 1. The second-order valence-corrected chi connectivity index (χ2v) is 7.59. The van der Waals surface area contributed by atoms with Gasteiger partial charge in [0.1, 0.15) is 10.7 Å². The summed E-state index contributed by atoms with van der Waals surface area (Å²) >= 11 is 6.03. The summed E-state index contributed by atoms with van der Waals surface area (Å²) < 4.78 is 32.0. The largest absolute Gasteiger partial charge is 0.467 e. The van der Waals surface area contributed by atoms with Crippen molar-refractivity contribution in [2.45, 2.75) is 11.8 Å². The lowest BCUT2D eigenvalue weighted by atomic mass is 10.3. The lowest BCUT2D eigenvalue weighted by molar-refractivity contribution is 0.256. The van der Waals surface area contributed by atoms with E-state index in [4.69, 9.17) is 16.3 Å². The molecule has 0 radical (unpaired) electrons. The van der Waals surface area contributed by atoms with Gasteiger partial charge < -0.3 is 9.64 Å². The summed E-state index contributed by atoms with van der Waals surface area (Å²) in [6, 6.07) is 3.37. The zero-order valence-corrected chi connectivity index (χ0v) is 17.0. The fraction of sp³-hybridized carbons (Fsp3) is 0.250. The number of urea groups is 1. The number of benzene rings is 1. The van der Waals surface area contributed by atoms with Crippen LogP contribution in [0.25, 0.3) is 0 Å². The number of rotatable bonds is 7. The lowest BCUT2D eigenvalue weighted by Gasteiger charge is -2.18. The first-order valence-corrected chi connectivity index (χ1v) is 9.74. The first-order valence-electron chi connectivity index (χ1n) is 7.88. The Morgan fingerprint density at radius 1 is 1.36 bits per heavy atom. The molecular weight excluding hydrogens is 408 g/mol. The average Bonchev–Trinajstić information content (AvgIpc) is 2.60. The van der Waals surface area contributed by atoms with E-state index in [2.05, 4.69) is 26.8 Å². The Hall–Kier alpha value is -2.92. The Balaban J connectivity index is 2.23. The van der Waals surface area contributed by atoms with Gasteiger partial charge in [0.05, 0.1) is 12.1 Å². The molecule has 0 aliphatic carbocycles. The van der Waals surface area contributed by atoms with Gasteiger partial charge in [-0.15, -0.1) is 6.58 Å². The van der Waals surface area contributed by atoms with Crippen LogP contribution in [0.2, 0.25) is 5.02 Å². The van der Waals surface area contributed by atoms with Crippen LogP contribution in [0.3, 0.4) is 0 Å². The molecule has 0 atom stereocenters. The van der Waals surface area contributed by atoms with Crippen molar-refractivity contribution < 1.29 is 17.9 Å². The molecule has 2 rings (SSSR count). The minimum atomic E-state index is -4.26. The molecule has 150 valence electrons. The predicted octanol–water partition coefficient (Wildman–Crippen LogP) is 1.97. The number of amides is 2. The van der Waals surface area contributed by atoms with Crippen LogP contribution < -0.4 is 19.7 Å². The molecule has 0 aliphatic rings. The summed E-state index contributed by atoms with van der Waals surface area (Å²) in [5.41, 5.74) is 0.586. The summed E-state index contributed by atoms with van der Waals surface area (Å²) in [6.45, 7) is 5.70. The van der Waals surface area contributed by atoms with Crippen molar-refractivity contribution >= 4 is 39.3 Å². The van der Waals surface area contributed by atoms with Gasteiger partial charge in [-0.05, 0) is 25.1 Å². The van der Waals surface area contributed by atoms with Gasteiger partial charge >= 0.3 is 12.0 Å². The highest BCUT2D eigenvalue weighted by Gasteiger charge is 2.22. The first-order chi connectivity index (χ1) is 13.2. The monoisotopic (exact) mass is 426 g/mol. The van der Waals surface area contributed by atoms with Crippen LogP contribution in [0.15, 0.2) is 35.7 Å². The van der Waals surface area contributed by atoms with Gasteiger partial charge in [-0.3, -0.25) is 5.32 Å². The summed E-state index contributed by atoms with van der Waals surface area (Å²) in [7, 11) is -1.15. The number of aromatic nitrogens is 3. The molecule has 0 spiro atoms. The van der Waals surface area contributed by atoms with Gasteiger partial charge in [0, 0.05) is 19.3 Å². The zero-order chi connectivity index (χ0) is 20.9. The smallest absolute Gasteiger partial charge is 0.335 e. The molecule has 1 heterocycles. The molecule has 0 aliphatic heterocycles. The van der Waals surface area contributed by atoms with Crippen LogP contribution in [-0.4, -0.2) is 50.1 Å². The van der Waals surface area contributed by atoms with Crippen molar-refractivity contribution in [2.75, 3.05) is 30.9 Å². The molecular formula is C16H19ClN6O4S. The van der Waals surface area contributed by atoms with Crippen molar-refractivity contribution in [2.24, 2.45) is 0 Å². The number of nitrogens with one attached hydrogen (secondary N) is 2. The maximum absolute atomic E-state index is 12.6. The average molecular weight is 427 g/mol. The molecule has 2 aromatic rings. The normalized spacial score (nSPS) is 10.9. The van der Waals surface area contributed by atoms with Crippen LogP contribution in [0.5, 0.6) is 6.01 Å². The Morgan fingerprint density at radius 2 is 2.07 bits per heavy atom. The Morgan fingerprint density at radius 3 is 2.71 bits per heavy atom. The van der Waals surface area contributed by atoms with Crippen molar-refractivity contribution in [3.8, 4) is 6.01 Å². The third kappa shape index (κ3) is 5.30. The van der Waals surface area contributed by atoms with Crippen molar-refractivity contribution in [3.05, 3.63) is 41.7 Å². The van der Waals surface area contributed by atoms with E-state index in [0.29, 0.717) is 12.2 Å². The second kappa shape index (κ2) is 8.85. The Labute approximate surface area is 167 Å². The van der Waals surface area contributed by atoms with Crippen LogP contribution in [0, 0.1) is 6.92 Å². The highest BCUT2D eigenvalue weighted by atomic mass is 35.5. The maximum Gasteiger partial charge on any atom is 0.335 e. The fourth-order valence-corrected chi connectivity index (χ4v) is 3.57. The van der Waals surface area contributed by atoms with Crippen LogP contribution in [0.1, 0.15) is 5.82 Å². The number of aryl methyl sites for hydroxylation is 1. The van der Waals surface area contributed by atoms with E-state index in [1.165, 1.54) is 19.2 Å². The molecule has 1 aromatic heterocycles. The number of anilines is 2. The molecule has 28 heavy (non-hydrogen) atoms. The number of likely N-dealkylation sites (N-methyl/N-ethyl adjacent to an activating group) is 1. The van der Waals surface area contributed by atoms with Gasteiger partial charge in [0.25, 0.3) is 10.0 Å². The number of nitrogens with zero attached hydrogens (tertiary/aromatic N) is 4. The Kier molecular flexibility index (Phi) is 6.75. The molecule has 2 amide bonds. The summed E-state index contributed by atoms with van der Waals surface area (Å²) in [5, 5.41) is 2.19. The molecule has 10 nitrogen and oxygen atoms in total. The summed E-state index contributed by atoms with van der Waals surface area (Å²) in [5.74, 6) is 0.119. The van der Waals surface area contributed by atoms with Gasteiger partial charge in [-0.2, -0.15) is 15.0 Å². The molecule has 0 bridgehead atoms. The molecule has 0 saturated carbocycles. The summed E-state index contributed by atoms with van der Waals surface area (Å²) in [6.07, 6.45) is 1.67. The minimum Gasteiger partial charge on any atom is -0.467 e. The van der Waals surface area contributed by atoms with Crippen LogP contribution >= 0.6 is 11.6 Å². The highest BCUT2D eigenvalue weighted by molar-refractivity contribution is 7.90. The maximum atomic E-state index is 12.6.